The number of benzene rings is 1. The first-order valence-corrected chi connectivity index (χ1v) is 7.52. The Kier molecular flexibility index (Phi) is 3.49. The largest absolute Gasteiger partial charge is 0.411 e. The van der Waals surface area contributed by atoms with E-state index in [9.17, 15) is 13.2 Å². The van der Waals surface area contributed by atoms with E-state index in [4.69, 9.17) is 10.5 Å². The standard InChI is InChI=1S/C12H13N3O4S/c1-8-10(20(2,17)18)14-15(11(8)19-12(13)16)9-6-4-3-5-7-9/h3-7H,1-2H3,(H2,13,16). The number of ether oxygens (including phenoxy) is 1. The summed E-state index contributed by atoms with van der Waals surface area (Å²) in [5, 5.41) is 3.85. The molecule has 0 spiro atoms. The summed E-state index contributed by atoms with van der Waals surface area (Å²) in [6, 6.07) is 8.70. The van der Waals surface area contributed by atoms with Crippen LogP contribution in [0.2, 0.25) is 0 Å². The summed E-state index contributed by atoms with van der Waals surface area (Å²) < 4.78 is 29.5. The van der Waals surface area contributed by atoms with Crippen LogP contribution in [0.4, 0.5) is 4.79 Å². The first-order valence-electron chi connectivity index (χ1n) is 5.63. The number of nitrogens with two attached hydrogens (primary N) is 1. The lowest BCUT2D eigenvalue weighted by molar-refractivity contribution is 0.207. The van der Waals surface area contributed by atoms with E-state index >= 15 is 0 Å². The van der Waals surface area contributed by atoms with Gasteiger partial charge in [-0.2, -0.15) is 9.78 Å². The number of hydrogen-bond acceptors (Lipinski definition) is 5. The molecule has 20 heavy (non-hydrogen) atoms. The quantitative estimate of drug-likeness (QED) is 0.911. The molecule has 2 rings (SSSR count). The van der Waals surface area contributed by atoms with E-state index in [0.717, 1.165) is 6.26 Å². The van der Waals surface area contributed by atoms with Gasteiger partial charge in [0.25, 0.3) is 0 Å². The second kappa shape index (κ2) is 4.97. The Morgan fingerprint density at radius 1 is 1.30 bits per heavy atom. The molecule has 0 aliphatic carbocycles. The van der Waals surface area contributed by atoms with E-state index in [1.54, 1.807) is 30.3 Å². The summed E-state index contributed by atoms with van der Waals surface area (Å²) in [4.78, 5) is 11.0. The number of carbonyl (C=O) groups excluding carboxylic acids is 1. The van der Waals surface area contributed by atoms with Crippen molar-refractivity contribution in [1.29, 1.82) is 0 Å². The topological polar surface area (TPSA) is 104 Å². The Bertz CT molecular complexity index is 751. The Balaban J connectivity index is 2.70. The molecule has 0 saturated heterocycles. The molecular weight excluding hydrogens is 282 g/mol. The van der Waals surface area contributed by atoms with Crippen LogP contribution in [0.5, 0.6) is 5.88 Å². The van der Waals surface area contributed by atoms with Gasteiger partial charge in [0, 0.05) is 6.26 Å². The van der Waals surface area contributed by atoms with Crippen molar-refractivity contribution in [3.05, 3.63) is 35.9 Å². The molecule has 0 atom stereocenters. The molecule has 1 heterocycles. The molecule has 106 valence electrons. The summed E-state index contributed by atoms with van der Waals surface area (Å²) in [7, 11) is -3.54. The van der Waals surface area contributed by atoms with Gasteiger partial charge in [-0.05, 0) is 19.1 Å². The number of nitrogens with zero attached hydrogens (tertiary/aromatic N) is 2. The van der Waals surface area contributed by atoms with E-state index in [1.165, 1.54) is 11.6 Å². The molecule has 1 aromatic carbocycles. The highest BCUT2D eigenvalue weighted by molar-refractivity contribution is 7.90. The highest BCUT2D eigenvalue weighted by Crippen LogP contribution is 2.28. The zero-order valence-corrected chi connectivity index (χ0v) is 11.7. The molecule has 0 aliphatic rings. The number of primary amides is 1. The zero-order valence-electron chi connectivity index (χ0n) is 10.9. The number of amides is 1. The second-order valence-corrected chi connectivity index (χ2v) is 6.11. The summed E-state index contributed by atoms with van der Waals surface area (Å²) >= 11 is 0. The summed E-state index contributed by atoms with van der Waals surface area (Å²) in [5.74, 6) is -0.0101. The van der Waals surface area contributed by atoms with Gasteiger partial charge in [0.15, 0.2) is 14.9 Å². The summed E-state index contributed by atoms with van der Waals surface area (Å²) in [6.45, 7) is 1.50. The molecule has 0 unspecified atom stereocenters. The maximum atomic E-state index is 11.7. The van der Waals surface area contributed by atoms with Crippen LogP contribution in [0.1, 0.15) is 5.56 Å². The molecule has 7 nitrogen and oxygen atoms in total. The second-order valence-electron chi connectivity index (χ2n) is 4.18. The number of hydrogen-bond donors (Lipinski definition) is 1. The predicted octanol–water partition coefficient (Wildman–Crippen LogP) is 1.04. The van der Waals surface area contributed by atoms with Gasteiger partial charge in [-0.15, -0.1) is 0 Å². The third kappa shape index (κ3) is 2.64. The molecule has 2 N–H and O–H groups in total. The van der Waals surface area contributed by atoms with E-state index in [1.807, 2.05) is 0 Å². The fourth-order valence-electron chi connectivity index (χ4n) is 1.77. The van der Waals surface area contributed by atoms with Crippen molar-refractivity contribution in [2.75, 3.05) is 6.26 Å². The van der Waals surface area contributed by atoms with Gasteiger partial charge in [0.2, 0.25) is 5.88 Å². The van der Waals surface area contributed by atoms with Crippen LogP contribution in [-0.2, 0) is 9.84 Å². The molecule has 1 amide bonds. The van der Waals surface area contributed by atoms with Crippen molar-refractivity contribution in [2.24, 2.45) is 5.73 Å². The maximum Gasteiger partial charge on any atom is 0.411 e. The van der Waals surface area contributed by atoms with Gasteiger partial charge in [0.1, 0.15) is 0 Å². The summed E-state index contributed by atoms with van der Waals surface area (Å²) in [5.41, 5.74) is 5.80. The van der Waals surface area contributed by atoms with Crippen LogP contribution in [0.25, 0.3) is 5.69 Å². The number of carbonyl (C=O) groups is 1. The molecule has 0 fully saturated rings. The Labute approximate surface area is 115 Å². The van der Waals surface area contributed by atoms with Crippen LogP contribution in [-0.4, -0.2) is 30.5 Å². The minimum absolute atomic E-state index is 0.0101. The molecule has 0 aliphatic heterocycles. The number of aromatic nitrogens is 2. The van der Waals surface area contributed by atoms with E-state index in [2.05, 4.69) is 5.10 Å². The number of para-hydroxylation sites is 1. The lowest BCUT2D eigenvalue weighted by Gasteiger charge is -2.06. The average Bonchev–Trinajstić information content (AvgIpc) is 2.67. The number of rotatable bonds is 3. The van der Waals surface area contributed by atoms with Crippen molar-refractivity contribution in [1.82, 2.24) is 9.78 Å². The molecule has 1 aromatic heterocycles. The first-order chi connectivity index (χ1) is 9.30. The van der Waals surface area contributed by atoms with Crippen molar-refractivity contribution in [2.45, 2.75) is 11.9 Å². The van der Waals surface area contributed by atoms with E-state index < -0.39 is 15.9 Å². The first kappa shape index (κ1) is 14.1. The average molecular weight is 295 g/mol. The summed E-state index contributed by atoms with van der Waals surface area (Å²) in [6.07, 6.45) is -0.00338. The van der Waals surface area contributed by atoms with Crippen LogP contribution >= 0.6 is 0 Å². The number of sulfone groups is 1. The van der Waals surface area contributed by atoms with Crippen molar-refractivity contribution in [3.63, 3.8) is 0 Å². The van der Waals surface area contributed by atoms with Gasteiger partial charge in [-0.25, -0.2) is 13.2 Å². The van der Waals surface area contributed by atoms with Gasteiger partial charge in [-0.1, -0.05) is 18.2 Å². The minimum Gasteiger partial charge on any atom is -0.391 e. The van der Waals surface area contributed by atoms with E-state index in [0.29, 0.717) is 5.69 Å². The van der Waals surface area contributed by atoms with Crippen LogP contribution in [0.3, 0.4) is 0 Å². The Hall–Kier alpha value is -2.35. The molecule has 0 bridgehead atoms. The van der Waals surface area contributed by atoms with Crippen molar-refractivity contribution in [3.8, 4) is 11.6 Å². The SMILES string of the molecule is Cc1c(S(C)(=O)=O)nn(-c2ccccc2)c1OC(N)=O. The lowest BCUT2D eigenvalue weighted by Crippen LogP contribution is -2.18. The van der Waals surface area contributed by atoms with Gasteiger partial charge < -0.3 is 10.5 Å². The van der Waals surface area contributed by atoms with Crippen molar-refractivity contribution < 1.29 is 17.9 Å². The normalized spacial score (nSPS) is 11.3. The molecule has 0 saturated carbocycles. The minimum atomic E-state index is -3.54. The Morgan fingerprint density at radius 2 is 1.90 bits per heavy atom. The predicted molar refractivity (Wildman–Crippen MR) is 71.6 cm³/mol. The fraction of sp³-hybridized carbons (Fsp3) is 0.167. The van der Waals surface area contributed by atoms with Gasteiger partial charge in [0.05, 0.1) is 11.3 Å². The van der Waals surface area contributed by atoms with Crippen LogP contribution in [0, 0.1) is 6.92 Å². The smallest absolute Gasteiger partial charge is 0.391 e. The van der Waals surface area contributed by atoms with E-state index in [-0.39, 0.29) is 16.5 Å². The monoisotopic (exact) mass is 295 g/mol. The molecule has 8 heteroatoms. The van der Waals surface area contributed by atoms with Gasteiger partial charge >= 0.3 is 6.09 Å². The third-order valence-electron chi connectivity index (χ3n) is 2.57. The van der Waals surface area contributed by atoms with Crippen LogP contribution in [0.15, 0.2) is 35.4 Å². The lowest BCUT2D eigenvalue weighted by atomic mass is 10.3. The third-order valence-corrected chi connectivity index (χ3v) is 3.66. The Morgan fingerprint density at radius 3 is 2.40 bits per heavy atom. The van der Waals surface area contributed by atoms with Crippen molar-refractivity contribution >= 4 is 15.9 Å². The fourth-order valence-corrected chi connectivity index (χ4v) is 2.65. The van der Waals surface area contributed by atoms with Crippen LogP contribution < -0.4 is 10.5 Å². The molecule has 2 aromatic rings. The highest BCUT2D eigenvalue weighted by Gasteiger charge is 2.24. The van der Waals surface area contributed by atoms with Gasteiger partial charge in [-0.3, -0.25) is 0 Å². The molecular formula is C12H13N3O4S. The molecule has 0 radical (unpaired) electrons. The highest BCUT2D eigenvalue weighted by atomic mass is 32.2. The maximum absolute atomic E-state index is 11.7. The zero-order chi connectivity index (χ0) is 14.9.